The lowest BCUT2D eigenvalue weighted by Gasteiger charge is -1.95. The summed E-state index contributed by atoms with van der Waals surface area (Å²) in [6, 6.07) is 0. The van der Waals surface area contributed by atoms with Crippen molar-refractivity contribution in [3.8, 4) is 10.8 Å². The topological polar surface area (TPSA) is 63.8 Å². The normalized spacial score (nSPS) is 11.0. The number of aromatic nitrogens is 3. The van der Waals surface area contributed by atoms with Crippen LogP contribution in [0, 0.1) is 13.8 Å². The predicted molar refractivity (Wildman–Crippen MR) is 67.1 cm³/mol. The van der Waals surface area contributed by atoms with Crippen LogP contribution in [0.15, 0.2) is 4.42 Å². The Labute approximate surface area is 104 Å². The van der Waals surface area contributed by atoms with Crippen molar-refractivity contribution in [2.45, 2.75) is 27.2 Å². The zero-order valence-corrected chi connectivity index (χ0v) is 11.1. The van der Waals surface area contributed by atoms with Crippen LogP contribution in [0.5, 0.6) is 0 Å². The van der Waals surface area contributed by atoms with E-state index in [1.165, 1.54) is 0 Å². The first-order chi connectivity index (χ1) is 8.20. The molecule has 0 aromatic carbocycles. The van der Waals surface area contributed by atoms with Gasteiger partial charge in [-0.2, -0.15) is 0 Å². The van der Waals surface area contributed by atoms with Gasteiger partial charge in [0, 0.05) is 13.0 Å². The molecule has 0 amide bonds. The van der Waals surface area contributed by atoms with Crippen molar-refractivity contribution in [2.24, 2.45) is 0 Å². The molecular weight excluding hydrogens is 236 g/mol. The van der Waals surface area contributed by atoms with Crippen molar-refractivity contribution < 1.29 is 4.42 Å². The summed E-state index contributed by atoms with van der Waals surface area (Å²) in [5.41, 5.74) is 0.953. The minimum atomic E-state index is 0.583. The number of rotatable bonds is 5. The van der Waals surface area contributed by atoms with E-state index in [-0.39, 0.29) is 0 Å². The number of thiazole rings is 1. The number of aryl methyl sites for hydroxylation is 2. The van der Waals surface area contributed by atoms with Gasteiger partial charge in [-0.1, -0.05) is 6.92 Å². The molecule has 0 unspecified atom stereocenters. The molecule has 5 nitrogen and oxygen atoms in total. The van der Waals surface area contributed by atoms with Crippen LogP contribution < -0.4 is 5.32 Å². The molecule has 0 aliphatic heterocycles. The lowest BCUT2D eigenvalue weighted by atomic mass is 10.4. The molecule has 2 heterocycles. The summed E-state index contributed by atoms with van der Waals surface area (Å²) in [6.45, 7) is 7.82. The van der Waals surface area contributed by atoms with E-state index in [0.717, 1.165) is 35.1 Å². The molecule has 0 saturated heterocycles. The monoisotopic (exact) mass is 252 g/mol. The fourth-order valence-electron chi connectivity index (χ4n) is 1.55. The average Bonchev–Trinajstić information content (AvgIpc) is 2.86. The molecule has 0 spiro atoms. The molecule has 0 saturated carbocycles. The maximum Gasteiger partial charge on any atom is 0.259 e. The summed E-state index contributed by atoms with van der Waals surface area (Å²) < 4.78 is 5.62. The Morgan fingerprint density at radius 1 is 1.29 bits per heavy atom. The van der Waals surface area contributed by atoms with Gasteiger partial charge in [0.15, 0.2) is 0 Å². The summed E-state index contributed by atoms with van der Waals surface area (Å²) in [4.78, 5) is 5.33. The van der Waals surface area contributed by atoms with Crippen LogP contribution in [-0.4, -0.2) is 28.3 Å². The second kappa shape index (κ2) is 5.37. The largest absolute Gasteiger partial charge is 0.420 e. The average molecular weight is 252 g/mol. The molecule has 0 fully saturated rings. The van der Waals surface area contributed by atoms with Crippen LogP contribution >= 0.6 is 11.3 Å². The number of nitrogens with zero attached hydrogens (tertiary/aromatic N) is 3. The number of hydrogen-bond donors (Lipinski definition) is 1. The highest BCUT2D eigenvalue weighted by Crippen LogP contribution is 2.28. The molecule has 0 radical (unpaired) electrons. The Kier molecular flexibility index (Phi) is 3.86. The highest BCUT2D eigenvalue weighted by Gasteiger charge is 2.14. The van der Waals surface area contributed by atoms with Gasteiger partial charge in [0.25, 0.3) is 5.89 Å². The molecule has 0 atom stereocenters. The Morgan fingerprint density at radius 3 is 2.76 bits per heavy atom. The van der Waals surface area contributed by atoms with E-state index in [9.17, 15) is 0 Å². The van der Waals surface area contributed by atoms with Crippen LogP contribution in [0.4, 0.5) is 0 Å². The highest BCUT2D eigenvalue weighted by molar-refractivity contribution is 7.15. The van der Waals surface area contributed by atoms with Crippen molar-refractivity contribution >= 4 is 11.3 Å². The van der Waals surface area contributed by atoms with Gasteiger partial charge in [-0.25, -0.2) is 4.98 Å². The third kappa shape index (κ3) is 2.89. The quantitative estimate of drug-likeness (QED) is 0.824. The SMILES string of the molecule is CCNCCc1nnc(-c2sc(C)nc2C)o1. The summed E-state index contributed by atoms with van der Waals surface area (Å²) in [6.07, 6.45) is 0.762. The van der Waals surface area contributed by atoms with Gasteiger partial charge in [-0.3, -0.25) is 0 Å². The zero-order valence-electron chi connectivity index (χ0n) is 10.3. The molecular formula is C11H16N4OS. The smallest absolute Gasteiger partial charge is 0.259 e. The fraction of sp³-hybridized carbons (Fsp3) is 0.545. The van der Waals surface area contributed by atoms with Crippen molar-refractivity contribution in [3.05, 3.63) is 16.6 Å². The molecule has 17 heavy (non-hydrogen) atoms. The van der Waals surface area contributed by atoms with Gasteiger partial charge in [0.1, 0.15) is 4.88 Å². The number of nitrogens with one attached hydrogen (secondary N) is 1. The Balaban J connectivity index is 2.10. The molecule has 1 N–H and O–H groups in total. The number of hydrogen-bond acceptors (Lipinski definition) is 6. The summed E-state index contributed by atoms with van der Waals surface area (Å²) in [7, 11) is 0. The summed E-state index contributed by atoms with van der Waals surface area (Å²) in [5.74, 6) is 1.26. The molecule has 6 heteroatoms. The number of likely N-dealkylation sites (N-methyl/N-ethyl adjacent to an activating group) is 1. The molecule has 2 rings (SSSR count). The van der Waals surface area contributed by atoms with E-state index < -0.39 is 0 Å². The lowest BCUT2D eigenvalue weighted by molar-refractivity contribution is 0.497. The van der Waals surface area contributed by atoms with Crippen LogP contribution in [0.2, 0.25) is 0 Å². The van der Waals surface area contributed by atoms with E-state index in [1.807, 2.05) is 13.8 Å². The van der Waals surface area contributed by atoms with Gasteiger partial charge in [-0.05, 0) is 20.4 Å². The molecule has 0 bridgehead atoms. The fourth-order valence-corrected chi connectivity index (χ4v) is 2.39. The van der Waals surface area contributed by atoms with Gasteiger partial charge >= 0.3 is 0 Å². The third-order valence-electron chi connectivity index (χ3n) is 2.33. The maximum atomic E-state index is 5.62. The van der Waals surface area contributed by atoms with Crippen LogP contribution in [-0.2, 0) is 6.42 Å². The Hall–Kier alpha value is -1.27. The third-order valence-corrected chi connectivity index (χ3v) is 3.39. The first-order valence-electron chi connectivity index (χ1n) is 5.68. The van der Waals surface area contributed by atoms with Gasteiger partial charge in [-0.15, -0.1) is 21.5 Å². The van der Waals surface area contributed by atoms with Crippen molar-refractivity contribution in [3.63, 3.8) is 0 Å². The van der Waals surface area contributed by atoms with E-state index in [4.69, 9.17) is 4.42 Å². The predicted octanol–water partition coefficient (Wildman–Crippen LogP) is 1.96. The second-order valence-electron chi connectivity index (χ2n) is 3.75. The van der Waals surface area contributed by atoms with Crippen molar-refractivity contribution in [2.75, 3.05) is 13.1 Å². The molecule has 0 aliphatic carbocycles. The van der Waals surface area contributed by atoms with Crippen LogP contribution in [0.3, 0.4) is 0 Å². The van der Waals surface area contributed by atoms with E-state index in [0.29, 0.717) is 11.8 Å². The first-order valence-corrected chi connectivity index (χ1v) is 6.50. The van der Waals surface area contributed by atoms with Crippen molar-refractivity contribution in [1.29, 1.82) is 0 Å². The Morgan fingerprint density at radius 2 is 2.12 bits per heavy atom. The zero-order chi connectivity index (χ0) is 12.3. The van der Waals surface area contributed by atoms with Gasteiger partial charge in [0.05, 0.1) is 10.7 Å². The van der Waals surface area contributed by atoms with Gasteiger partial charge < -0.3 is 9.73 Å². The summed E-state index contributed by atoms with van der Waals surface area (Å²) >= 11 is 1.59. The van der Waals surface area contributed by atoms with Crippen molar-refractivity contribution in [1.82, 2.24) is 20.5 Å². The second-order valence-corrected chi connectivity index (χ2v) is 4.96. The minimum absolute atomic E-state index is 0.583. The summed E-state index contributed by atoms with van der Waals surface area (Å²) in [5, 5.41) is 12.3. The van der Waals surface area contributed by atoms with Gasteiger partial charge in [0.2, 0.25) is 5.89 Å². The standard InChI is InChI=1S/C11H16N4OS/c1-4-12-6-5-9-14-15-11(16-9)10-7(2)13-8(3)17-10/h12H,4-6H2,1-3H3. The Bertz CT molecular complexity index is 491. The van der Waals surface area contributed by atoms with E-state index >= 15 is 0 Å². The molecule has 0 aliphatic rings. The van der Waals surface area contributed by atoms with Crippen LogP contribution in [0.25, 0.3) is 10.8 Å². The molecule has 2 aromatic rings. The lowest BCUT2D eigenvalue weighted by Crippen LogP contribution is -2.16. The highest BCUT2D eigenvalue weighted by atomic mass is 32.1. The molecule has 92 valence electrons. The minimum Gasteiger partial charge on any atom is -0.420 e. The first kappa shape index (κ1) is 12.2. The molecule has 2 aromatic heterocycles. The van der Waals surface area contributed by atoms with Crippen LogP contribution in [0.1, 0.15) is 23.5 Å². The van der Waals surface area contributed by atoms with E-state index in [2.05, 4.69) is 27.4 Å². The maximum absolute atomic E-state index is 5.62. The van der Waals surface area contributed by atoms with E-state index in [1.54, 1.807) is 11.3 Å².